The molecule has 9 nitrogen and oxygen atoms in total. The van der Waals surface area contributed by atoms with Crippen molar-refractivity contribution in [2.24, 2.45) is 5.41 Å². The number of benzene rings is 1. The van der Waals surface area contributed by atoms with Crippen molar-refractivity contribution in [1.82, 2.24) is 16.0 Å². The first-order valence-corrected chi connectivity index (χ1v) is 18.7. The molecule has 1 aliphatic carbocycles. The Labute approximate surface area is 320 Å². The molecule has 0 unspecified atom stereocenters. The maximum atomic E-state index is 12.8. The zero-order chi connectivity index (χ0) is 40.6. The summed E-state index contributed by atoms with van der Waals surface area (Å²) in [5, 5.41) is 7.97. The Bertz CT molecular complexity index is 1310. The van der Waals surface area contributed by atoms with Gasteiger partial charge in [0.25, 0.3) is 0 Å². The van der Waals surface area contributed by atoms with Crippen LogP contribution in [0, 0.1) is 5.41 Å². The van der Waals surface area contributed by atoms with Gasteiger partial charge in [-0.25, -0.2) is 0 Å². The third-order valence-corrected chi connectivity index (χ3v) is 6.46. The molecule has 294 valence electrons. The number of esters is 1. The van der Waals surface area contributed by atoms with Crippen LogP contribution < -0.4 is 16.0 Å². The van der Waals surface area contributed by atoms with Crippen molar-refractivity contribution in [2.45, 2.75) is 81.6 Å². The van der Waals surface area contributed by atoms with Gasteiger partial charge >= 0.3 is 5.97 Å². The van der Waals surface area contributed by atoms with E-state index in [0.29, 0.717) is 30.7 Å². The molecule has 0 radical (unpaired) electrons. The molecule has 0 spiro atoms. The highest BCUT2D eigenvalue weighted by Gasteiger charge is 2.49. The first-order chi connectivity index (χ1) is 25.8. The fourth-order valence-electron chi connectivity index (χ4n) is 3.89. The smallest absolute Gasteiger partial charge is 0.305 e. The molecule has 1 aliphatic rings. The number of carbonyl (C=O) groups is 4. The van der Waals surface area contributed by atoms with E-state index in [1.54, 1.807) is 64.5 Å². The Hall–Kier alpha value is -5.18. The van der Waals surface area contributed by atoms with Gasteiger partial charge in [0, 0.05) is 26.6 Å². The van der Waals surface area contributed by atoms with E-state index in [4.69, 9.17) is 9.47 Å². The highest BCUT2D eigenvalue weighted by Crippen LogP contribution is 2.32. The van der Waals surface area contributed by atoms with Crippen molar-refractivity contribution in [3.05, 3.63) is 133 Å². The molecule has 2 rings (SSSR count). The molecule has 0 heterocycles. The number of rotatable bonds is 16. The minimum Gasteiger partial charge on any atom is -0.496 e. The van der Waals surface area contributed by atoms with Crippen molar-refractivity contribution in [3.8, 4) is 0 Å². The number of likely N-dealkylation sites (N-methyl/N-ethyl adjacent to an activating group) is 1. The van der Waals surface area contributed by atoms with Crippen LogP contribution in [0.3, 0.4) is 0 Å². The lowest BCUT2D eigenvalue weighted by Gasteiger charge is -2.31. The Morgan fingerprint density at radius 1 is 0.792 bits per heavy atom. The van der Waals surface area contributed by atoms with E-state index in [-0.39, 0.29) is 25.5 Å². The van der Waals surface area contributed by atoms with E-state index in [9.17, 15) is 19.2 Å². The number of amides is 3. The van der Waals surface area contributed by atoms with Gasteiger partial charge in [-0.15, -0.1) is 0 Å². The number of carbonyl (C=O) groups excluding carboxylic acids is 4. The number of nitrogens with one attached hydrogen (secondary N) is 3. The van der Waals surface area contributed by atoms with E-state index in [1.807, 2.05) is 114 Å². The zero-order valence-electron chi connectivity index (χ0n) is 33.9. The minimum absolute atomic E-state index is 0.132. The molecule has 3 N–H and O–H groups in total. The molecule has 0 aliphatic heterocycles. The van der Waals surface area contributed by atoms with Crippen molar-refractivity contribution in [1.29, 1.82) is 0 Å². The topological polar surface area (TPSA) is 123 Å². The third-order valence-electron chi connectivity index (χ3n) is 6.46. The van der Waals surface area contributed by atoms with Crippen LogP contribution in [-0.4, -0.2) is 57.0 Å². The molecule has 1 aromatic carbocycles. The molecule has 0 bridgehead atoms. The predicted octanol–water partition coefficient (Wildman–Crippen LogP) is 8.67. The standard InChI is InChI=1S/C18H26N2O4.C16H23NO2.C6H6.2C2H6/c1-4-15(21)24-13-18(16(22)19-5-2,17(23)20-6-3)14-11-9-7-8-10-12-14;1-4-6-8-9-10-11-13-19-14-15(12-7-5-2)16(18)17-3;1-2-4-6-5-3-1;2*1-2/h7,9-12H,4-6,8,13H2,1-3H3,(H,19,22)(H,20,23);5-13H,4,14H2,1-3H3,(H,17,18);1-6H;2*1-2H3/b;7-5-,8-6-,10-9-,13-11+,15-12+;;;. The molecule has 0 saturated heterocycles. The fourth-order valence-corrected chi connectivity index (χ4v) is 3.89. The molecule has 3 amide bonds. The molecular formula is C44H67N3O6. The monoisotopic (exact) mass is 734 g/mol. The van der Waals surface area contributed by atoms with Crippen LogP contribution in [0.25, 0.3) is 0 Å². The molecular weight excluding hydrogens is 666 g/mol. The summed E-state index contributed by atoms with van der Waals surface area (Å²) in [6.45, 7) is 17.8. The van der Waals surface area contributed by atoms with Crippen LogP contribution in [0.2, 0.25) is 0 Å². The maximum absolute atomic E-state index is 12.8. The average molecular weight is 734 g/mol. The molecule has 1 aromatic rings. The summed E-state index contributed by atoms with van der Waals surface area (Å²) < 4.78 is 10.5. The highest BCUT2D eigenvalue weighted by molar-refractivity contribution is 6.09. The Morgan fingerprint density at radius 3 is 1.85 bits per heavy atom. The van der Waals surface area contributed by atoms with Crippen molar-refractivity contribution < 1.29 is 28.7 Å². The van der Waals surface area contributed by atoms with Crippen LogP contribution in [0.15, 0.2) is 133 Å². The number of ether oxygens (including phenoxy) is 2. The third kappa shape index (κ3) is 24.6. The quantitative estimate of drug-likeness (QED) is 0.0514. The predicted molar refractivity (Wildman–Crippen MR) is 222 cm³/mol. The van der Waals surface area contributed by atoms with Gasteiger partial charge in [-0.3, -0.25) is 19.2 Å². The van der Waals surface area contributed by atoms with E-state index in [1.165, 1.54) is 0 Å². The average Bonchev–Trinajstić information content (AvgIpc) is 3.50. The summed E-state index contributed by atoms with van der Waals surface area (Å²) in [4.78, 5) is 48.8. The zero-order valence-corrected chi connectivity index (χ0v) is 33.9. The van der Waals surface area contributed by atoms with Gasteiger partial charge in [-0.05, 0) is 45.3 Å². The number of hydrogen-bond acceptors (Lipinski definition) is 6. The summed E-state index contributed by atoms with van der Waals surface area (Å²) in [7, 11) is 1.60. The van der Waals surface area contributed by atoms with Crippen LogP contribution in [-0.2, 0) is 28.7 Å². The maximum Gasteiger partial charge on any atom is 0.305 e. The minimum atomic E-state index is -1.61. The van der Waals surface area contributed by atoms with E-state index < -0.39 is 23.2 Å². The highest BCUT2D eigenvalue weighted by atomic mass is 16.5. The van der Waals surface area contributed by atoms with E-state index >= 15 is 0 Å². The van der Waals surface area contributed by atoms with Crippen LogP contribution >= 0.6 is 0 Å². The van der Waals surface area contributed by atoms with Crippen molar-refractivity contribution in [2.75, 3.05) is 33.4 Å². The van der Waals surface area contributed by atoms with E-state index in [2.05, 4.69) is 29.0 Å². The second-order valence-electron chi connectivity index (χ2n) is 10.1. The fraction of sp³-hybridized carbons (Fsp3) is 0.409. The van der Waals surface area contributed by atoms with Gasteiger partial charge in [0.1, 0.15) is 13.2 Å². The molecule has 0 aromatic heterocycles. The van der Waals surface area contributed by atoms with E-state index in [0.717, 1.165) is 6.42 Å². The van der Waals surface area contributed by atoms with Gasteiger partial charge < -0.3 is 25.4 Å². The Morgan fingerprint density at radius 2 is 1.36 bits per heavy atom. The lowest BCUT2D eigenvalue weighted by Crippen LogP contribution is -2.55. The first-order valence-electron chi connectivity index (χ1n) is 18.7. The van der Waals surface area contributed by atoms with Crippen molar-refractivity contribution in [3.63, 3.8) is 0 Å². The summed E-state index contributed by atoms with van der Waals surface area (Å²) in [5.41, 5.74) is -0.528. The first kappa shape index (κ1) is 52.2. The number of allylic oxidation sites excluding steroid dienone is 13. The second kappa shape index (κ2) is 38.1. The van der Waals surface area contributed by atoms with Crippen molar-refractivity contribution >= 4 is 23.7 Å². The van der Waals surface area contributed by atoms with Gasteiger partial charge in [-0.2, -0.15) is 0 Å². The van der Waals surface area contributed by atoms with Crippen LogP contribution in [0.4, 0.5) is 0 Å². The van der Waals surface area contributed by atoms with Gasteiger partial charge in [0.05, 0.1) is 11.8 Å². The largest absolute Gasteiger partial charge is 0.496 e. The molecule has 9 heteroatoms. The lowest BCUT2D eigenvalue weighted by molar-refractivity contribution is -0.153. The summed E-state index contributed by atoms with van der Waals surface area (Å²) in [6.07, 6.45) is 27.6. The summed E-state index contributed by atoms with van der Waals surface area (Å²) in [5.74, 6) is -1.55. The summed E-state index contributed by atoms with van der Waals surface area (Å²) >= 11 is 0. The normalized spacial score (nSPS) is 12.0. The SMILES string of the molecule is C/C=C\C=C(/CO/C=C/C=C\C=C/CC)C(=O)NC.CC.CC.CCNC(=O)C(COC(=O)CC)(C(=O)NCC)C1=CC=CCC=C1.c1ccccc1. The Kier molecular flexibility index (Phi) is 37.5. The van der Waals surface area contributed by atoms with Gasteiger partial charge in [0.2, 0.25) is 17.7 Å². The Balaban J connectivity index is -0.000000762. The summed E-state index contributed by atoms with van der Waals surface area (Å²) in [6, 6.07) is 12.0. The lowest BCUT2D eigenvalue weighted by atomic mass is 9.77. The van der Waals surface area contributed by atoms with Gasteiger partial charge in [0.15, 0.2) is 5.41 Å². The number of hydrogen-bond donors (Lipinski definition) is 3. The van der Waals surface area contributed by atoms with Crippen LogP contribution in [0.1, 0.15) is 81.6 Å². The second-order valence-corrected chi connectivity index (χ2v) is 10.1. The molecule has 53 heavy (non-hydrogen) atoms. The van der Waals surface area contributed by atoms with Crippen LogP contribution in [0.5, 0.6) is 0 Å². The molecule has 0 fully saturated rings. The molecule has 0 atom stereocenters. The van der Waals surface area contributed by atoms with Gasteiger partial charge in [-0.1, -0.05) is 151 Å². The molecule has 0 saturated carbocycles.